The van der Waals surface area contributed by atoms with E-state index >= 15 is 4.39 Å². The second kappa shape index (κ2) is 10.7. The van der Waals surface area contributed by atoms with Crippen LogP contribution in [0.5, 0.6) is 5.75 Å². The van der Waals surface area contributed by atoms with E-state index in [2.05, 4.69) is 0 Å². The topological polar surface area (TPSA) is 142 Å². The Kier molecular flexibility index (Phi) is 8.05. The van der Waals surface area contributed by atoms with Crippen molar-refractivity contribution in [3.05, 3.63) is 58.1 Å². The van der Waals surface area contributed by atoms with E-state index in [0.717, 1.165) is 12.1 Å². The summed E-state index contributed by atoms with van der Waals surface area (Å²) in [6.07, 6.45) is -7.43. The Balaban J connectivity index is 1.98. The van der Waals surface area contributed by atoms with Crippen molar-refractivity contribution in [1.82, 2.24) is 5.32 Å². The molecule has 0 fully saturated rings. The van der Waals surface area contributed by atoms with E-state index in [1.807, 2.05) is 5.32 Å². The quantitative estimate of drug-likeness (QED) is 0.390. The van der Waals surface area contributed by atoms with Gasteiger partial charge in [0.25, 0.3) is 5.91 Å². The van der Waals surface area contributed by atoms with Gasteiger partial charge in [-0.15, -0.1) is 0 Å². The normalized spacial score (nSPS) is 17.5. The van der Waals surface area contributed by atoms with Gasteiger partial charge >= 0.3 is 24.2 Å². The van der Waals surface area contributed by atoms with Crippen molar-refractivity contribution in [2.45, 2.75) is 30.7 Å². The number of benzene rings is 2. The summed E-state index contributed by atoms with van der Waals surface area (Å²) >= 11 is 5.97. The van der Waals surface area contributed by atoms with Gasteiger partial charge in [-0.1, -0.05) is 17.7 Å². The molecule has 0 radical (unpaired) electrons. The number of halogens is 5. The zero-order valence-corrected chi connectivity index (χ0v) is 20.1. The first-order valence-corrected chi connectivity index (χ1v) is 11.0. The number of ether oxygens (including phenoxy) is 2. The monoisotopic (exact) mass is 562 g/mol. The van der Waals surface area contributed by atoms with Gasteiger partial charge in [0, 0.05) is 22.6 Å². The summed E-state index contributed by atoms with van der Waals surface area (Å²) in [5.74, 6) is -4.49. The zero-order chi connectivity index (χ0) is 28.4. The predicted octanol–water partition coefficient (Wildman–Crippen LogP) is 3.93. The minimum atomic E-state index is -4.86. The number of carbonyl (C=O) groups excluding carboxylic acids is 2. The van der Waals surface area contributed by atoms with Crippen LogP contribution >= 0.6 is 11.6 Å². The Hall–Kier alpha value is -4.07. The number of anilines is 1. The van der Waals surface area contributed by atoms with E-state index < -0.39 is 83.8 Å². The molecule has 0 saturated heterocycles. The molecule has 2 amide bonds. The lowest BCUT2D eigenvalue weighted by atomic mass is 9.88. The maximum absolute atomic E-state index is 16.7. The highest BCUT2D eigenvalue weighted by atomic mass is 35.5. The van der Waals surface area contributed by atoms with Crippen molar-refractivity contribution in [2.75, 3.05) is 18.7 Å². The molecule has 1 aliphatic heterocycles. The first-order valence-electron chi connectivity index (χ1n) is 10.6. The molecular weight excluding hydrogens is 544 g/mol. The lowest BCUT2D eigenvalue weighted by molar-refractivity contribution is -0.141. The molecule has 0 unspecified atom stereocenters. The van der Waals surface area contributed by atoms with Crippen molar-refractivity contribution in [3.8, 4) is 5.75 Å². The fourth-order valence-electron chi connectivity index (χ4n) is 3.80. The van der Waals surface area contributed by atoms with Gasteiger partial charge in [0.2, 0.25) is 5.67 Å². The van der Waals surface area contributed by atoms with Crippen LogP contribution in [-0.2, 0) is 31.0 Å². The molecule has 2 atom stereocenters. The van der Waals surface area contributed by atoms with Crippen molar-refractivity contribution >= 4 is 41.2 Å². The van der Waals surface area contributed by atoms with Gasteiger partial charge < -0.3 is 25.0 Å². The first-order chi connectivity index (χ1) is 17.7. The number of amides is 2. The third-order valence-electron chi connectivity index (χ3n) is 5.62. The molecule has 0 bridgehead atoms. The predicted molar refractivity (Wildman–Crippen MR) is 122 cm³/mol. The molecule has 38 heavy (non-hydrogen) atoms. The van der Waals surface area contributed by atoms with E-state index in [1.54, 1.807) is 0 Å². The molecule has 0 aromatic heterocycles. The highest BCUT2D eigenvalue weighted by Gasteiger charge is 2.55. The van der Waals surface area contributed by atoms with Crippen LogP contribution in [0.1, 0.15) is 29.5 Å². The second-order valence-corrected chi connectivity index (χ2v) is 8.43. The maximum atomic E-state index is 16.7. The van der Waals surface area contributed by atoms with Crippen molar-refractivity contribution in [2.24, 2.45) is 0 Å². The molecule has 2 aromatic carbocycles. The minimum Gasteiger partial charge on any atom is -0.496 e. The number of carboxylic acids is 2. The van der Waals surface area contributed by atoms with E-state index in [4.69, 9.17) is 31.3 Å². The van der Waals surface area contributed by atoms with Crippen LogP contribution < -0.4 is 15.0 Å². The van der Waals surface area contributed by atoms with E-state index in [1.165, 1.54) is 19.2 Å². The van der Waals surface area contributed by atoms with Crippen LogP contribution in [0.15, 0.2) is 36.4 Å². The third kappa shape index (κ3) is 5.59. The Labute approximate surface area is 216 Å². The highest BCUT2D eigenvalue weighted by Crippen LogP contribution is 2.51. The lowest BCUT2D eigenvalue weighted by Gasteiger charge is -2.23. The number of carbonyl (C=O) groups is 4. The zero-order valence-electron chi connectivity index (χ0n) is 19.3. The molecule has 3 N–H and O–H groups in total. The average molecular weight is 563 g/mol. The van der Waals surface area contributed by atoms with Gasteiger partial charge in [0.1, 0.15) is 11.8 Å². The van der Waals surface area contributed by atoms with Crippen LogP contribution in [0.4, 0.5) is 28.0 Å². The summed E-state index contributed by atoms with van der Waals surface area (Å²) in [5, 5.41) is 19.7. The number of hydrogen-bond acceptors (Lipinski definition) is 6. The number of nitrogens with one attached hydrogen (secondary N) is 1. The number of nitrogens with zero attached hydrogens (tertiary/aromatic N) is 1. The number of hydrogen-bond donors (Lipinski definition) is 3. The molecular formula is C23H19ClF4N2O8. The maximum Gasteiger partial charge on any atom is 0.416 e. The fourth-order valence-corrected chi connectivity index (χ4v) is 3.98. The first kappa shape index (κ1) is 28.5. The number of alkyl carbamates (subject to hydrolysis) is 1. The number of methoxy groups -OCH3 is 1. The largest absolute Gasteiger partial charge is 0.496 e. The van der Waals surface area contributed by atoms with Gasteiger partial charge in [-0.3, -0.25) is 14.5 Å². The lowest BCUT2D eigenvalue weighted by Crippen LogP contribution is -2.44. The van der Waals surface area contributed by atoms with Crippen molar-refractivity contribution < 1.29 is 56.4 Å². The minimum absolute atomic E-state index is 0.00534. The third-order valence-corrected chi connectivity index (χ3v) is 5.86. The van der Waals surface area contributed by atoms with Gasteiger partial charge in [-0.25, -0.2) is 14.0 Å². The Morgan fingerprint density at radius 1 is 1.13 bits per heavy atom. The van der Waals surface area contributed by atoms with E-state index in [-0.39, 0.29) is 10.8 Å². The molecule has 204 valence electrons. The number of fused-ring (bicyclic) bond motifs is 1. The number of rotatable bonds is 9. The van der Waals surface area contributed by atoms with Crippen LogP contribution in [0.3, 0.4) is 0 Å². The van der Waals surface area contributed by atoms with Crippen molar-refractivity contribution in [1.29, 1.82) is 0 Å². The molecule has 3 rings (SSSR count). The van der Waals surface area contributed by atoms with Gasteiger partial charge in [-0.2, -0.15) is 13.2 Å². The molecule has 2 aromatic rings. The second-order valence-electron chi connectivity index (χ2n) is 7.99. The van der Waals surface area contributed by atoms with E-state index in [0.29, 0.717) is 17.0 Å². The summed E-state index contributed by atoms with van der Waals surface area (Å²) in [7, 11) is 1.18. The van der Waals surface area contributed by atoms with Crippen molar-refractivity contribution in [3.63, 3.8) is 0 Å². The fraction of sp³-hybridized carbons (Fsp3) is 0.304. The summed E-state index contributed by atoms with van der Waals surface area (Å²) in [6.45, 7) is -1.11. The molecule has 1 aliphatic rings. The smallest absolute Gasteiger partial charge is 0.416 e. The Morgan fingerprint density at radius 2 is 1.82 bits per heavy atom. The summed E-state index contributed by atoms with van der Waals surface area (Å²) < 4.78 is 66.8. The standard InChI is InChI=1S/C23H19ClF4N2O8/c1-37-17-6-3-12(24)9-14(17)22(25)13-4-2-11(23(26,27)28)8-16(13)30(20(22)35)10-38-21(36)29-15(19(33)34)5-7-18(31)32/h2-4,6,8-9,15H,5,7,10H2,1H3,(H,29,36)(H,31,32)(H,33,34)/t15-,22-/m0/s1. The Bertz CT molecular complexity index is 1290. The SMILES string of the molecule is COc1ccc(Cl)cc1[C@]1(F)C(=O)N(COC(=O)N[C@@H](CCC(=O)O)C(=O)O)c2cc(C(F)(F)F)ccc21. The molecule has 0 saturated carbocycles. The number of aliphatic carboxylic acids is 2. The number of carboxylic acid groups (broad SMARTS) is 2. The van der Waals surface area contributed by atoms with Gasteiger partial charge in [0.05, 0.1) is 18.4 Å². The molecule has 0 aliphatic carbocycles. The van der Waals surface area contributed by atoms with Crippen LogP contribution in [0, 0.1) is 0 Å². The summed E-state index contributed by atoms with van der Waals surface area (Å²) in [4.78, 5) is 47.9. The highest BCUT2D eigenvalue weighted by molar-refractivity contribution is 6.30. The van der Waals surface area contributed by atoms with Gasteiger partial charge in [0.15, 0.2) is 6.73 Å². The van der Waals surface area contributed by atoms with Crippen LogP contribution in [0.2, 0.25) is 5.02 Å². The van der Waals surface area contributed by atoms with Crippen LogP contribution in [-0.4, -0.2) is 54.0 Å². The summed E-state index contributed by atoms with van der Waals surface area (Å²) in [6, 6.07) is 3.82. The molecule has 1 heterocycles. The Morgan fingerprint density at radius 3 is 2.39 bits per heavy atom. The summed E-state index contributed by atoms with van der Waals surface area (Å²) in [5.41, 5.74) is -5.81. The number of alkyl halides is 4. The average Bonchev–Trinajstić information content (AvgIpc) is 3.06. The van der Waals surface area contributed by atoms with Gasteiger partial charge in [-0.05, 0) is 36.8 Å². The van der Waals surface area contributed by atoms with Crippen LogP contribution in [0.25, 0.3) is 0 Å². The molecule has 15 heteroatoms. The van der Waals surface area contributed by atoms with E-state index in [9.17, 15) is 32.3 Å². The molecule has 0 spiro atoms. The molecule has 10 nitrogen and oxygen atoms in total.